The van der Waals surface area contributed by atoms with Gasteiger partial charge in [0.05, 0.1) is 11.2 Å². The third kappa shape index (κ3) is 2.84. The number of rotatable bonds is 3. The minimum absolute atomic E-state index is 0.607. The topological polar surface area (TPSA) is 37.8 Å². The fourth-order valence-corrected chi connectivity index (χ4v) is 2.71. The van der Waals surface area contributed by atoms with E-state index in [1.165, 1.54) is 5.56 Å². The van der Waals surface area contributed by atoms with Crippen molar-refractivity contribution in [2.24, 2.45) is 0 Å². The average Bonchev–Trinajstić information content (AvgIpc) is 2.63. The molecule has 0 saturated heterocycles. The molecule has 1 heterocycles. The predicted molar refractivity (Wildman–Crippen MR) is 99.4 cm³/mol. The second-order valence-electron chi connectivity index (χ2n) is 5.77. The molecule has 0 bridgehead atoms. The average molecular weight is 311 g/mol. The molecule has 3 heteroatoms. The number of hydrogen-bond acceptors (Lipinski definition) is 3. The summed E-state index contributed by atoms with van der Waals surface area (Å²) >= 11 is 0. The van der Waals surface area contributed by atoms with Crippen LogP contribution in [0.25, 0.3) is 22.2 Å². The highest BCUT2D eigenvalue weighted by atomic mass is 15.1. The Morgan fingerprint density at radius 3 is 2.21 bits per heavy atom. The van der Waals surface area contributed by atoms with Gasteiger partial charge in [-0.1, -0.05) is 66.2 Å². The zero-order valence-electron chi connectivity index (χ0n) is 13.4. The molecule has 1 N–H and O–H groups in total. The van der Waals surface area contributed by atoms with Crippen LogP contribution in [0.2, 0.25) is 0 Å². The number of nitrogens with one attached hydrogen (secondary N) is 1. The summed E-state index contributed by atoms with van der Waals surface area (Å²) in [5.41, 5.74) is 5.18. The van der Waals surface area contributed by atoms with Crippen LogP contribution >= 0.6 is 0 Å². The first kappa shape index (κ1) is 14.4. The van der Waals surface area contributed by atoms with Crippen LogP contribution in [0.5, 0.6) is 0 Å². The zero-order chi connectivity index (χ0) is 16.4. The maximum atomic E-state index is 4.77. The summed E-state index contributed by atoms with van der Waals surface area (Å²) in [5.74, 6) is 0.607. The standard InChI is InChI=1S/C21H17N3/c1-15-11-13-16(14-12-15)20-18-9-5-6-10-19(18)23-21(24-20)22-17-7-3-2-4-8-17/h2-14H,1H3,(H,22,23,24). The van der Waals surface area contributed by atoms with Crippen molar-refractivity contribution in [2.75, 3.05) is 5.32 Å². The van der Waals surface area contributed by atoms with Crippen LogP contribution in [-0.4, -0.2) is 9.97 Å². The van der Waals surface area contributed by atoms with Crippen LogP contribution in [0.4, 0.5) is 11.6 Å². The maximum absolute atomic E-state index is 4.77. The first-order chi connectivity index (χ1) is 11.8. The first-order valence-electron chi connectivity index (χ1n) is 7.95. The second-order valence-corrected chi connectivity index (χ2v) is 5.77. The lowest BCUT2D eigenvalue weighted by molar-refractivity contribution is 1.21. The molecule has 0 fully saturated rings. The minimum atomic E-state index is 0.607. The minimum Gasteiger partial charge on any atom is -0.324 e. The highest BCUT2D eigenvalue weighted by Crippen LogP contribution is 2.28. The Kier molecular flexibility index (Phi) is 3.67. The van der Waals surface area contributed by atoms with Crippen molar-refractivity contribution in [1.82, 2.24) is 9.97 Å². The van der Waals surface area contributed by atoms with Crippen molar-refractivity contribution in [1.29, 1.82) is 0 Å². The van der Waals surface area contributed by atoms with Gasteiger partial charge < -0.3 is 5.32 Å². The molecular formula is C21H17N3. The lowest BCUT2D eigenvalue weighted by atomic mass is 10.1. The van der Waals surface area contributed by atoms with Gasteiger partial charge in [-0.15, -0.1) is 0 Å². The summed E-state index contributed by atoms with van der Waals surface area (Å²) in [6.45, 7) is 2.09. The summed E-state index contributed by atoms with van der Waals surface area (Å²) in [6, 6.07) is 26.5. The molecule has 0 atom stereocenters. The number of fused-ring (bicyclic) bond motifs is 1. The molecule has 3 nitrogen and oxygen atoms in total. The van der Waals surface area contributed by atoms with Gasteiger partial charge in [0, 0.05) is 16.6 Å². The molecule has 0 unspecified atom stereocenters. The van der Waals surface area contributed by atoms with Gasteiger partial charge in [0.1, 0.15) is 0 Å². The third-order valence-electron chi connectivity index (χ3n) is 3.96. The van der Waals surface area contributed by atoms with Crippen LogP contribution < -0.4 is 5.32 Å². The van der Waals surface area contributed by atoms with Crippen molar-refractivity contribution in [3.05, 3.63) is 84.4 Å². The second kappa shape index (κ2) is 6.13. The molecule has 4 aromatic rings. The van der Waals surface area contributed by atoms with E-state index in [1.807, 2.05) is 48.5 Å². The molecule has 3 aromatic carbocycles. The van der Waals surface area contributed by atoms with Crippen molar-refractivity contribution in [2.45, 2.75) is 6.92 Å². The summed E-state index contributed by atoms with van der Waals surface area (Å²) in [6.07, 6.45) is 0. The monoisotopic (exact) mass is 311 g/mol. The maximum Gasteiger partial charge on any atom is 0.228 e. The van der Waals surface area contributed by atoms with Gasteiger partial charge in [0.15, 0.2) is 0 Å². The molecule has 0 aliphatic rings. The van der Waals surface area contributed by atoms with E-state index in [2.05, 4.69) is 47.6 Å². The quantitative estimate of drug-likeness (QED) is 0.554. The summed E-state index contributed by atoms with van der Waals surface area (Å²) in [5, 5.41) is 4.35. The number of aromatic nitrogens is 2. The molecule has 0 radical (unpaired) electrons. The number of para-hydroxylation sites is 2. The Morgan fingerprint density at radius 1 is 0.708 bits per heavy atom. The summed E-state index contributed by atoms with van der Waals surface area (Å²) < 4.78 is 0. The van der Waals surface area contributed by atoms with Crippen molar-refractivity contribution in [3.63, 3.8) is 0 Å². The van der Waals surface area contributed by atoms with Crippen LogP contribution in [0.3, 0.4) is 0 Å². The number of benzene rings is 3. The Labute approximate surface area is 141 Å². The number of anilines is 2. The number of nitrogens with zero attached hydrogens (tertiary/aromatic N) is 2. The Morgan fingerprint density at radius 2 is 1.42 bits per heavy atom. The van der Waals surface area contributed by atoms with Crippen LogP contribution in [0.1, 0.15) is 5.56 Å². The number of hydrogen-bond donors (Lipinski definition) is 1. The highest BCUT2D eigenvalue weighted by molar-refractivity contribution is 5.93. The fourth-order valence-electron chi connectivity index (χ4n) is 2.71. The fraction of sp³-hybridized carbons (Fsp3) is 0.0476. The Balaban J connectivity index is 1.86. The summed E-state index contributed by atoms with van der Waals surface area (Å²) in [7, 11) is 0. The normalized spacial score (nSPS) is 10.7. The lowest BCUT2D eigenvalue weighted by Crippen LogP contribution is -1.99. The van der Waals surface area contributed by atoms with Crippen molar-refractivity contribution < 1.29 is 0 Å². The van der Waals surface area contributed by atoms with Gasteiger partial charge in [0.2, 0.25) is 5.95 Å². The third-order valence-corrected chi connectivity index (χ3v) is 3.96. The van der Waals surface area contributed by atoms with E-state index >= 15 is 0 Å². The SMILES string of the molecule is Cc1ccc(-c2nc(Nc3ccccc3)nc3ccccc23)cc1. The van der Waals surface area contributed by atoms with Crippen LogP contribution in [0.15, 0.2) is 78.9 Å². The highest BCUT2D eigenvalue weighted by Gasteiger charge is 2.09. The molecule has 0 aliphatic carbocycles. The predicted octanol–water partition coefficient (Wildman–Crippen LogP) is 5.35. The molecule has 0 spiro atoms. The van der Waals surface area contributed by atoms with E-state index in [-0.39, 0.29) is 0 Å². The van der Waals surface area contributed by atoms with E-state index in [1.54, 1.807) is 0 Å². The number of aryl methyl sites for hydroxylation is 1. The first-order valence-corrected chi connectivity index (χ1v) is 7.95. The van der Waals surface area contributed by atoms with E-state index in [9.17, 15) is 0 Å². The lowest BCUT2D eigenvalue weighted by Gasteiger charge is -2.10. The van der Waals surface area contributed by atoms with Crippen molar-refractivity contribution in [3.8, 4) is 11.3 Å². The van der Waals surface area contributed by atoms with Crippen molar-refractivity contribution >= 4 is 22.5 Å². The molecule has 116 valence electrons. The largest absolute Gasteiger partial charge is 0.324 e. The van der Waals surface area contributed by atoms with E-state index in [0.29, 0.717) is 5.95 Å². The van der Waals surface area contributed by atoms with E-state index in [0.717, 1.165) is 27.8 Å². The van der Waals surface area contributed by atoms with Gasteiger partial charge in [-0.3, -0.25) is 0 Å². The Bertz CT molecular complexity index is 977. The van der Waals surface area contributed by atoms with Gasteiger partial charge >= 0.3 is 0 Å². The summed E-state index contributed by atoms with van der Waals surface area (Å²) in [4.78, 5) is 9.43. The molecule has 1 aromatic heterocycles. The Hall–Kier alpha value is -3.20. The van der Waals surface area contributed by atoms with Gasteiger partial charge in [-0.05, 0) is 25.1 Å². The van der Waals surface area contributed by atoms with Crippen LogP contribution in [0, 0.1) is 6.92 Å². The van der Waals surface area contributed by atoms with Gasteiger partial charge in [-0.25, -0.2) is 9.97 Å². The van der Waals surface area contributed by atoms with E-state index in [4.69, 9.17) is 4.98 Å². The van der Waals surface area contributed by atoms with Crippen LogP contribution in [-0.2, 0) is 0 Å². The smallest absolute Gasteiger partial charge is 0.228 e. The zero-order valence-corrected chi connectivity index (χ0v) is 13.4. The molecule has 0 aliphatic heterocycles. The van der Waals surface area contributed by atoms with Gasteiger partial charge in [-0.2, -0.15) is 0 Å². The molecular weight excluding hydrogens is 294 g/mol. The van der Waals surface area contributed by atoms with E-state index < -0.39 is 0 Å². The molecule has 0 amide bonds. The van der Waals surface area contributed by atoms with Gasteiger partial charge in [0.25, 0.3) is 0 Å². The molecule has 4 rings (SSSR count). The molecule has 0 saturated carbocycles. The molecule has 24 heavy (non-hydrogen) atoms.